The number of aryl methyl sites for hydroxylation is 1. The van der Waals surface area contributed by atoms with Crippen LogP contribution in [0.4, 0.5) is 11.6 Å². The van der Waals surface area contributed by atoms with Gasteiger partial charge in [-0.15, -0.1) is 0 Å². The van der Waals surface area contributed by atoms with E-state index in [-0.39, 0.29) is 0 Å². The molecule has 126 valence electrons. The first-order valence-corrected chi connectivity index (χ1v) is 8.96. The molecule has 0 bridgehead atoms. The zero-order valence-corrected chi connectivity index (χ0v) is 15.5. The number of rotatable bonds is 4. The number of aromatic nitrogens is 2. The Kier molecular flexibility index (Phi) is 8.31. The molecule has 0 aliphatic heterocycles. The molecule has 0 atom stereocenters. The minimum absolute atomic E-state index is 0.662. The van der Waals surface area contributed by atoms with E-state index in [1.165, 1.54) is 18.5 Å². The molecule has 1 saturated carbocycles. The molecule has 3 heteroatoms. The third-order valence-electron chi connectivity index (χ3n) is 3.48. The van der Waals surface area contributed by atoms with Crippen LogP contribution in [0.1, 0.15) is 64.8 Å². The van der Waals surface area contributed by atoms with Crippen molar-refractivity contribution in [1.82, 2.24) is 9.97 Å². The zero-order chi connectivity index (χ0) is 17.2. The van der Waals surface area contributed by atoms with Crippen molar-refractivity contribution in [3.05, 3.63) is 47.8 Å². The molecule has 1 aromatic carbocycles. The normalized spacial score (nSPS) is 12.4. The first-order valence-electron chi connectivity index (χ1n) is 8.96. The molecule has 23 heavy (non-hydrogen) atoms. The average molecular weight is 313 g/mol. The summed E-state index contributed by atoms with van der Waals surface area (Å²) in [5, 5.41) is 0. The Hall–Kier alpha value is -1.90. The number of anilines is 2. The fourth-order valence-corrected chi connectivity index (χ4v) is 2.33. The second-order valence-corrected chi connectivity index (χ2v) is 5.09. The van der Waals surface area contributed by atoms with Crippen molar-refractivity contribution in [2.75, 3.05) is 11.4 Å². The second-order valence-electron chi connectivity index (χ2n) is 5.09. The molecule has 0 spiro atoms. The van der Waals surface area contributed by atoms with E-state index in [1.807, 2.05) is 33.8 Å². The van der Waals surface area contributed by atoms with Gasteiger partial charge in [0.25, 0.3) is 0 Å². The topological polar surface area (TPSA) is 29.0 Å². The van der Waals surface area contributed by atoms with Crippen molar-refractivity contribution >= 4 is 11.6 Å². The molecule has 1 aliphatic carbocycles. The Morgan fingerprint density at radius 2 is 1.61 bits per heavy atom. The highest BCUT2D eigenvalue weighted by Crippen LogP contribution is 2.39. The lowest BCUT2D eigenvalue weighted by Gasteiger charge is -2.21. The molecular weight excluding hydrogens is 282 g/mol. The highest BCUT2D eigenvalue weighted by Gasteiger charge is 2.26. The summed E-state index contributed by atoms with van der Waals surface area (Å²) in [5.41, 5.74) is 3.41. The molecule has 0 unspecified atom stereocenters. The molecular formula is C20H31N3. The number of para-hydroxylation sites is 1. The van der Waals surface area contributed by atoms with Crippen LogP contribution in [0, 0.1) is 6.92 Å². The highest BCUT2D eigenvalue weighted by molar-refractivity contribution is 5.57. The summed E-state index contributed by atoms with van der Waals surface area (Å²) >= 11 is 0. The van der Waals surface area contributed by atoms with Gasteiger partial charge in [-0.25, -0.2) is 9.97 Å². The third-order valence-corrected chi connectivity index (χ3v) is 3.48. The van der Waals surface area contributed by atoms with Crippen LogP contribution in [-0.4, -0.2) is 16.5 Å². The molecule has 1 heterocycles. The number of nitrogens with zero attached hydrogens (tertiary/aromatic N) is 3. The van der Waals surface area contributed by atoms with Crippen molar-refractivity contribution < 1.29 is 0 Å². The average Bonchev–Trinajstić information content (AvgIpc) is 3.45. The van der Waals surface area contributed by atoms with Gasteiger partial charge in [0.1, 0.15) is 0 Å². The van der Waals surface area contributed by atoms with Gasteiger partial charge in [-0.1, -0.05) is 45.9 Å². The molecule has 3 nitrogen and oxygen atoms in total. The van der Waals surface area contributed by atoms with E-state index in [1.54, 1.807) is 0 Å². The van der Waals surface area contributed by atoms with Gasteiger partial charge in [0.2, 0.25) is 5.95 Å². The monoisotopic (exact) mass is 313 g/mol. The van der Waals surface area contributed by atoms with Crippen LogP contribution in [0.2, 0.25) is 0 Å². The first-order chi connectivity index (χ1) is 11.3. The Balaban J connectivity index is 0.000000615. The van der Waals surface area contributed by atoms with Crippen molar-refractivity contribution in [1.29, 1.82) is 0 Å². The van der Waals surface area contributed by atoms with Crippen molar-refractivity contribution in [2.45, 2.75) is 60.3 Å². The lowest BCUT2D eigenvalue weighted by atomic mass is 10.2. The predicted octanol–water partition coefficient (Wildman–Crippen LogP) is 5.87. The van der Waals surface area contributed by atoms with E-state index in [2.05, 4.69) is 54.1 Å². The number of benzene rings is 1. The Bertz CT molecular complexity index is 562. The standard InChI is InChI=1S/C16H19N3.2C2H6/c1-3-19(14-7-5-4-6-8-14)16-17-12(2)11-15(18-16)13-9-10-13;2*1-2/h4-8,11,13H,3,9-10H2,1-2H3;2*1-2H3. The van der Waals surface area contributed by atoms with Crippen LogP contribution >= 0.6 is 0 Å². The van der Waals surface area contributed by atoms with Gasteiger partial charge < -0.3 is 4.90 Å². The summed E-state index contributed by atoms with van der Waals surface area (Å²) < 4.78 is 0. The van der Waals surface area contributed by atoms with Gasteiger partial charge in [0, 0.05) is 29.5 Å². The Morgan fingerprint density at radius 1 is 1.00 bits per heavy atom. The van der Waals surface area contributed by atoms with Crippen molar-refractivity contribution in [2.24, 2.45) is 0 Å². The molecule has 3 rings (SSSR count). The molecule has 2 aromatic rings. The molecule has 1 fully saturated rings. The van der Waals surface area contributed by atoms with E-state index in [9.17, 15) is 0 Å². The van der Waals surface area contributed by atoms with Gasteiger partial charge in [-0.2, -0.15) is 0 Å². The maximum absolute atomic E-state index is 4.76. The van der Waals surface area contributed by atoms with E-state index in [0.29, 0.717) is 5.92 Å². The van der Waals surface area contributed by atoms with Crippen molar-refractivity contribution in [3.8, 4) is 0 Å². The first kappa shape index (κ1) is 19.1. The minimum Gasteiger partial charge on any atom is -0.311 e. The number of hydrogen-bond acceptors (Lipinski definition) is 3. The summed E-state index contributed by atoms with van der Waals surface area (Å²) in [7, 11) is 0. The van der Waals surface area contributed by atoms with Crippen LogP contribution in [-0.2, 0) is 0 Å². The van der Waals surface area contributed by atoms with Gasteiger partial charge in [0.05, 0.1) is 0 Å². The van der Waals surface area contributed by atoms with Gasteiger partial charge in [-0.3, -0.25) is 0 Å². The smallest absolute Gasteiger partial charge is 0.230 e. The fourth-order valence-electron chi connectivity index (χ4n) is 2.33. The molecule has 0 saturated heterocycles. The van der Waals surface area contributed by atoms with E-state index >= 15 is 0 Å². The van der Waals surface area contributed by atoms with Crippen LogP contribution in [0.15, 0.2) is 36.4 Å². The van der Waals surface area contributed by atoms with Gasteiger partial charge in [-0.05, 0) is 44.9 Å². The second kappa shape index (κ2) is 9.98. The lowest BCUT2D eigenvalue weighted by Crippen LogP contribution is -2.19. The van der Waals surface area contributed by atoms with Crippen LogP contribution in [0.3, 0.4) is 0 Å². The quantitative estimate of drug-likeness (QED) is 0.706. The maximum Gasteiger partial charge on any atom is 0.230 e. The number of hydrogen-bond donors (Lipinski definition) is 0. The molecule has 0 amide bonds. The molecule has 1 aromatic heterocycles. The molecule has 0 N–H and O–H groups in total. The highest BCUT2D eigenvalue weighted by atomic mass is 15.3. The fraction of sp³-hybridized carbons (Fsp3) is 0.500. The van der Waals surface area contributed by atoms with E-state index in [0.717, 1.165) is 23.9 Å². The summed E-state index contributed by atoms with van der Waals surface area (Å²) in [6, 6.07) is 12.5. The lowest BCUT2D eigenvalue weighted by molar-refractivity contribution is 0.894. The minimum atomic E-state index is 0.662. The van der Waals surface area contributed by atoms with E-state index < -0.39 is 0 Å². The summed E-state index contributed by atoms with van der Waals surface area (Å²) in [5.74, 6) is 1.49. The summed E-state index contributed by atoms with van der Waals surface area (Å²) in [6.45, 7) is 13.1. The zero-order valence-electron chi connectivity index (χ0n) is 15.5. The largest absolute Gasteiger partial charge is 0.311 e. The Morgan fingerprint density at radius 3 is 2.13 bits per heavy atom. The summed E-state index contributed by atoms with van der Waals surface area (Å²) in [6.07, 6.45) is 2.54. The van der Waals surface area contributed by atoms with E-state index in [4.69, 9.17) is 4.98 Å². The van der Waals surface area contributed by atoms with Crippen LogP contribution in [0.25, 0.3) is 0 Å². The van der Waals surface area contributed by atoms with Gasteiger partial charge in [0.15, 0.2) is 0 Å². The van der Waals surface area contributed by atoms with Crippen LogP contribution in [0.5, 0.6) is 0 Å². The summed E-state index contributed by atoms with van der Waals surface area (Å²) in [4.78, 5) is 11.5. The molecule has 1 aliphatic rings. The maximum atomic E-state index is 4.76. The third kappa shape index (κ3) is 5.34. The van der Waals surface area contributed by atoms with Crippen molar-refractivity contribution in [3.63, 3.8) is 0 Å². The predicted molar refractivity (Wildman–Crippen MR) is 101 cm³/mol. The van der Waals surface area contributed by atoms with Gasteiger partial charge >= 0.3 is 0 Å². The Labute approximate surface area is 141 Å². The molecule has 0 radical (unpaired) electrons. The van der Waals surface area contributed by atoms with Crippen LogP contribution < -0.4 is 4.90 Å². The SMILES string of the molecule is CC.CC.CCN(c1ccccc1)c1nc(C)cc(C2CC2)n1.